The molecule has 0 bridgehead atoms. The van der Waals surface area contributed by atoms with E-state index in [1.54, 1.807) is 11.2 Å². The number of alkyl halides is 6. The molecule has 1 aromatic rings. The zero-order valence-corrected chi connectivity index (χ0v) is 21.1. The second-order valence-corrected chi connectivity index (χ2v) is 9.79. The summed E-state index contributed by atoms with van der Waals surface area (Å²) in [7, 11) is 0. The van der Waals surface area contributed by atoms with Gasteiger partial charge in [-0.05, 0) is 61.5 Å². The van der Waals surface area contributed by atoms with Crippen LogP contribution in [0.1, 0.15) is 42.4 Å². The largest absolute Gasteiger partial charge is 0.416 e. The van der Waals surface area contributed by atoms with Gasteiger partial charge in [0, 0.05) is 19.6 Å². The van der Waals surface area contributed by atoms with Gasteiger partial charge in [-0.3, -0.25) is 19.3 Å². The minimum atomic E-state index is -5.03. The molecule has 0 saturated carbocycles. The molecule has 1 aliphatic rings. The summed E-state index contributed by atoms with van der Waals surface area (Å²) in [4.78, 5) is 39.9. The van der Waals surface area contributed by atoms with Crippen molar-refractivity contribution in [3.8, 4) is 0 Å². The van der Waals surface area contributed by atoms with Crippen LogP contribution in [-0.4, -0.2) is 71.8 Å². The topological polar surface area (TPSA) is 95.7 Å². The molecule has 1 unspecified atom stereocenters. The summed E-state index contributed by atoms with van der Waals surface area (Å²) in [5.74, 6) is -1.41. The number of hydrogen-bond acceptors (Lipinski definition) is 5. The number of carbonyl (C=O) groups excluding carboxylic acids is 3. The van der Waals surface area contributed by atoms with Gasteiger partial charge in [-0.15, -0.1) is 0 Å². The number of amides is 3. The molecular weight excluding hydrogens is 526 g/mol. The first kappa shape index (κ1) is 30.7. The fourth-order valence-corrected chi connectivity index (χ4v) is 4.41. The molecule has 0 aromatic heterocycles. The molecule has 1 atom stereocenters. The standard InChI is InChI=1S/C23H30F6N4O3S/c1-37-8-5-18(21(30)36)31-19(34)13-32(14-20(35)33-6-3-2-4-7-33)12-15-9-16(22(24,25)26)11-17(10-15)23(27,28)29/h9-11,18H,2-8,12-14H2,1H3,(H2,30,36)(H,31,34). The molecule has 1 heterocycles. The molecule has 7 nitrogen and oxygen atoms in total. The number of benzene rings is 1. The Hall–Kier alpha value is -2.48. The Morgan fingerprint density at radius 2 is 1.57 bits per heavy atom. The molecule has 1 aliphatic heterocycles. The number of hydrogen-bond donors (Lipinski definition) is 2. The molecule has 37 heavy (non-hydrogen) atoms. The molecule has 208 valence electrons. The van der Waals surface area contributed by atoms with E-state index in [4.69, 9.17) is 5.73 Å². The Morgan fingerprint density at radius 1 is 1.00 bits per heavy atom. The first-order valence-electron chi connectivity index (χ1n) is 11.6. The number of rotatable bonds is 11. The number of nitrogens with two attached hydrogens (primary N) is 1. The lowest BCUT2D eigenvalue weighted by Gasteiger charge is -2.30. The van der Waals surface area contributed by atoms with E-state index in [0.717, 1.165) is 24.2 Å². The Bertz CT molecular complexity index is 919. The van der Waals surface area contributed by atoms with E-state index >= 15 is 0 Å². The van der Waals surface area contributed by atoms with Gasteiger partial charge >= 0.3 is 12.4 Å². The Morgan fingerprint density at radius 3 is 2.05 bits per heavy atom. The maximum Gasteiger partial charge on any atom is 0.416 e. The van der Waals surface area contributed by atoms with Gasteiger partial charge in [-0.1, -0.05) is 0 Å². The smallest absolute Gasteiger partial charge is 0.368 e. The van der Waals surface area contributed by atoms with Crippen LogP contribution >= 0.6 is 11.8 Å². The van der Waals surface area contributed by atoms with Gasteiger partial charge in [-0.25, -0.2) is 0 Å². The van der Waals surface area contributed by atoms with E-state index in [2.05, 4.69) is 5.32 Å². The predicted molar refractivity (Wildman–Crippen MR) is 126 cm³/mol. The van der Waals surface area contributed by atoms with Crippen molar-refractivity contribution < 1.29 is 40.7 Å². The predicted octanol–water partition coefficient (Wildman–Crippen LogP) is 3.26. The van der Waals surface area contributed by atoms with Gasteiger partial charge in [0.15, 0.2) is 0 Å². The summed E-state index contributed by atoms with van der Waals surface area (Å²) in [6, 6.07) is 0.139. The number of carbonyl (C=O) groups is 3. The molecule has 1 saturated heterocycles. The van der Waals surface area contributed by atoms with E-state index in [1.165, 1.54) is 11.8 Å². The van der Waals surface area contributed by atoms with Crippen molar-refractivity contribution in [2.24, 2.45) is 5.73 Å². The van der Waals surface area contributed by atoms with Crippen molar-refractivity contribution in [2.45, 2.75) is 50.6 Å². The Balaban J connectivity index is 2.30. The molecular formula is C23H30F6N4O3S. The summed E-state index contributed by atoms with van der Waals surface area (Å²) >= 11 is 1.42. The van der Waals surface area contributed by atoms with Crippen LogP contribution in [0.15, 0.2) is 18.2 Å². The van der Waals surface area contributed by atoms with Gasteiger partial charge in [-0.2, -0.15) is 38.1 Å². The van der Waals surface area contributed by atoms with Gasteiger partial charge < -0.3 is 16.0 Å². The van der Waals surface area contributed by atoms with E-state index in [1.807, 2.05) is 0 Å². The number of thioether (sulfide) groups is 1. The van der Waals surface area contributed by atoms with E-state index in [-0.39, 0.29) is 18.1 Å². The number of likely N-dealkylation sites (tertiary alicyclic amines) is 1. The molecule has 0 aliphatic carbocycles. The van der Waals surface area contributed by atoms with Gasteiger partial charge in [0.05, 0.1) is 24.2 Å². The molecule has 0 radical (unpaired) electrons. The quantitative estimate of drug-likeness (QED) is 0.408. The lowest BCUT2D eigenvalue weighted by atomic mass is 10.0. The number of primary amides is 1. The second-order valence-electron chi connectivity index (χ2n) is 8.80. The van der Waals surface area contributed by atoms with E-state index in [9.17, 15) is 40.7 Å². The molecule has 0 spiro atoms. The first-order chi connectivity index (χ1) is 17.2. The highest BCUT2D eigenvalue weighted by Gasteiger charge is 2.37. The summed E-state index contributed by atoms with van der Waals surface area (Å²) in [5.41, 5.74) is 1.98. The average Bonchev–Trinajstić information content (AvgIpc) is 2.80. The third kappa shape index (κ3) is 10.1. The monoisotopic (exact) mass is 556 g/mol. The number of nitrogens with one attached hydrogen (secondary N) is 1. The molecule has 2 rings (SSSR count). The highest BCUT2D eigenvalue weighted by atomic mass is 32.2. The van der Waals surface area contributed by atoms with Crippen LogP contribution in [-0.2, 0) is 33.3 Å². The second kappa shape index (κ2) is 13.4. The van der Waals surface area contributed by atoms with Crippen LogP contribution in [0.25, 0.3) is 0 Å². The summed E-state index contributed by atoms with van der Waals surface area (Å²) in [6.07, 6.45) is -5.57. The summed E-state index contributed by atoms with van der Waals surface area (Å²) in [5, 5.41) is 2.44. The first-order valence-corrected chi connectivity index (χ1v) is 13.0. The molecule has 3 amide bonds. The minimum Gasteiger partial charge on any atom is -0.368 e. The Kier molecular flexibility index (Phi) is 11.1. The van der Waals surface area contributed by atoms with Gasteiger partial charge in [0.25, 0.3) is 0 Å². The maximum atomic E-state index is 13.3. The highest BCUT2D eigenvalue weighted by molar-refractivity contribution is 7.98. The third-order valence-corrected chi connectivity index (χ3v) is 6.42. The SMILES string of the molecule is CSCCC(NC(=O)CN(CC(=O)N1CCCCC1)Cc1cc(C(F)(F)F)cc(C(F)(F)F)c1)C(N)=O. The van der Waals surface area contributed by atoms with Crippen molar-refractivity contribution in [3.63, 3.8) is 0 Å². The van der Waals surface area contributed by atoms with Crippen LogP contribution in [0.2, 0.25) is 0 Å². The fraction of sp³-hybridized carbons (Fsp3) is 0.609. The number of piperidine rings is 1. The normalized spacial score (nSPS) is 15.5. The van der Waals surface area contributed by atoms with Gasteiger partial charge in [0.1, 0.15) is 6.04 Å². The van der Waals surface area contributed by atoms with E-state index in [0.29, 0.717) is 31.0 Å². The zero-order valence-electron chi connectivity index (χ0n) is 20.3. The lowest BCUT2D eigenvalue weighted by molar-refractivity contribution is -0.143. The summed E-state index contributed by atoms with van der Waals surface area (Å²) in [6.45, 7) is -0.540. The zero-order chi connectivity index (χ0) is 27.8. The Labute approximate surface area is 215 Å². The van der Waals surface area contributed by atoms with Crippen LogP contribution < -0.4 is 11.1 Å². The van der Waals surface area contributed by atoms with Gasteiger partial charge in [0.2, 0.25) is 17.7 Å². The highest BCUT2D eigenvalue weighted by Crippen LogP contribution is 2.36. The van der Waals surface area contributed by atoms with Crippen molar-refractivity contribution in [1.29, 1.82) is 0 Å². The molecule has 14 heteroatoms. The number of halogens is 6. The van der Waals surface area contributed by atoms with Crippen LogP contribution in [0.5, 0.6) is 0 Å². The third-order valence-electron chi connectivity index (χ3n) is 5.78. The summed E-state index contributed by atoms with van der Waals surface area (Å²) < 4.78 is 79.8. The molecule has 1 aromatic carbocycles. The van der Waals surface area contributed by atoms with Crippen LogP contribution in [0.4, 0.5) is 26.3 Å². The fourth-order valence-electron chi connectivity index (χ4n) is 3.94. The van der Waals surface area contributed by atoms with Crippen LogP contribution in [0, 0.1) is 0 Å². The van der Waals surface area contributed by atoms with Crippen LogP contribution in [0.3, 0.4) is 0 Å². The number of nitrogens with zero attached hydrogens (tertiary/aromatic N) is 2. The van der Waals surface area contributed by atoms with Crippen molar-refractivity contribution >= 4 is 29.5 Å². The lowest BCUT2D eigenvalue weighted by Crippen LogP contribution is -2.50. The van der Waals surface area contributed by atoms with Crippen molar-refractivity contribution in [1.82, 2.24) is 15.1 Å². The minimum absolute atomic E-state index is 0.0165. The molecule has 3 N–H and O–H groups in total. The van der Waals surface area contributed by atoms with E-state index < -0.39 is 66.9 Å². The van der Waals surface area contributed by atoms with Crippen molar-refractivity contribution in [3.05, 3.63) is 34.9 Å². The molecule has 1 fully saturated rings. The maximum absolute atomic E-state index is 13.3. The van der Waals surface area contributed by atoms with Crippen molar-refractivity contribution in [2.75, 3.05) is 38.2 Å². The average molecular weight is 557 g/mol.